The van der Waals surface area contributed by atoms with Crippen LogP contribution in [0.3, 0.4) is 0 Å². The minimum absolute atomic E-state index is 0.0232. The van der Waals surface area contributed by atoms with Crippen molar-refractivity contribution in [3.63, 3.8) is 0 Å². The summed E-state index contributed by atoms with van der Waals surface area (Å²) in [5, 5.41) is 10.5. The van der Waals surface area contributed by atoms with E-state index in [9.17, 15) is 10.1 Å². The normalized spacial score (nSPS) is 20.3. The van der Waals surface area contributed by atoms with E-state index in [2.05, 4.69) is 9.88 Å². The van der Waals surface area contributed by atoms with Gasteiger partial charge in [0.2, 0.25) is 0 Å². The minimum atomic E-state index is -0.437. The number of nitrogens with two attached hydrogens (primary N) is 1. The first-order valence-electron chi connectivity index (χ1n) is 5.79. The zero-order valence-electron chi connectivity index (χ0n) is 9.58. The Balaban J connectivity index is 2.17. The summed E-state index contributed by atoms with van der Waals surface area (Å²) in [5.74, 6) is 0.783. The number of hydrogen-bond acceptors (Lipinski definition) is 5. The molecule has 2 rings (SSSR count). The maximum absolute atomic E-state index is 10.5. The van der Waals surface area contributed by atoms with E-state index in [1.165, 1.54) is 18.7 Å². The van der Waals surface area contributed by atoms with Gasteiger partial charge in [0, 0.05) is 25.2 Å². The Morgan fingerprint density at radius 1 is 1.53 bits per heavy atom. The van der Waals surface area contributed by atoms with Gasteiger partial charge < -0.3 is 10.6 Å². The lowest BCUT2D eigenvalue weighted by Gasteiger charge is -2.35. The number of nitro groups is 1. The van der Waals surface area contributed by atoms with Crippen LogP contribution in [-0.4, -0.2) is 29.0 Å². The minimum Gasteiger partial charge on any atom is -0.352 e. The predicted molar refractivity (Wildman–Crippen MR) is 64.9 cm³/mol. The Hall–Kier alpha value is -1.69. The van der Waals surface area contributed by atoms with Crippen LogP contribution in [-0.2, 0) is 0 Å². The highest BCUT2D eigenvalue weighted by Gasteiger charge is 2.22. The van der Waals surface area contributed by atoms with Gasteiger partial charge in [0.1, 0.15) is 12.0 Å². The smallest absolute Gasteiger partial charge is 0.287 e. The van der Waals surface area contributed by atoms with E-state index in [-0.39, 0.29) is 5.69 Å². The van der Waals surface area contributed by atoms with Gasteiger partial charge in [0.25, 0.3) is 5.69 Å². The van der Waals surface area contributed by atoms with E-state index in [0.717, 1.165) is 25.2 Å². The summed E-state index contributed by atoms with van der Waals surface area (Å²) in [6.07, 6.45) is 4.67. The monoisotopic (exact) mass is 236 g/mol. The van der Waals surface area contributed by atoms with Crippen molar-refractivity contribution in [3.05, 3.63) is 28.4 Å². The molecule has 92 valence electrons. The molecule has 0 saturated carbocycles. The van der Waals surface area contributed by atoms with Gasteiger partial charge in [-0.25, -0.2) is 4.98 Å². The van der Waals surface area contributed by atoms with Gasteiger partial charge in [-0.15, -0.1) is 0 Å². The SMILES string of the molecule is NC[C@H]1CCCCN1c1ccc([N+](=O)[O-])cn1. The molecular weight excluding hydrogens is 220 g/mol. The number of aromatic nitrogens is 1. The van der Waals surface area contributed by atoms with Crippen molar-refractivity contribution in [1.82, 2.24) is 4.98 Å². The van der Waals surface area contributed by atoms with E-state index in [1.54, 1.807) is 6.07 Å². The van der Waals surface area contributed by atoms with E-state index in [4.69, 9.17) is 5.73 Å². The second-order valence-electron chi connectivity index (χ2n) is 4.21. The Morgan fingerprint density at radius 3 is 2.94 bits per heavy atom. The summed E-state index contributed by atoms with van der Waals surface area (Å²) in [6.45, 7) is 1.52. The average molecular weight is 236 g/mol. The number of anilines is 1. The zero-order valence-corrected chi connectivity index (χ0v) is 9.58. The van der Waals surface area contributed by atoms with Crippen molar-refractivity contribution in [2.75, 3.05) is 18.0 Å². The fraction of sp³-hybridized carbons (Fsp3) is 0.545. The van der Waals surface area contributed by atoms with E-state index in [1.807, 2.05) is 0 Å². The first kappa shape index (κ1) is 11.8. The van der Waals surface area contributed by atoms with Crippen molar-refractivity contribution < 1.29 is 4.92 Å². The molecule has 1 atom stereocenters. The number of piperidine rings is 1. The van der Waals surface area contributed by atoms with Crippen LogP contribution in [0.2, 0.25) is 0 Å². The van der Waals surface area contributed by atoms with Gasteiger partial charge in [-0.05, 0) is 25.3 Å². The largest absolute Gasteiger partial charge is 0.352 e. The lowest BCUT2D eigenvalue weighted by atomic mass is 10.0. The molecule has 1 aliphatic rings. The van der Waals surface area contributed by atoms with Crippen molar-refractivity contribution in [1.29, 1.82) is 0 Å². The lowest BCUT2D eigenvalue weighted by molar-refractivity contribution is -0.385. The molecule has 0 spiro atoms. The van der Waals surface area contributed by atoms with Crippen molar-refractivity contribution in [2.24, 2.45) is 5.73 Å². The van der Waals surface area contributed by atoms with Crippen molar-refractivity contribution >= 4 is 11.5 Å². The van der Waals surface area contributed by atoms with Crippen LogP contribution in [0.5, 0.6) is 0 Å². The third kappa shape index (κ3) is 2.52. The molecule has 0 amide bonds. The quantitative estimate of drug-likeness (QED) is 0.631. The van der Waals surface area contributed by atoms with Crippen LogP contribution in [0.1, 0.15) is 19.3 Å². The van der Waals surface area contributed by atoms with Gasteiger partial charge in [0.05, 0.1) is 4.92 Å². The van der Waals surface area contributed by atoms with Crippen LogP contribution >= 0.6 is 0 Å². The van der Waals surface area contributed by atoms with E-state index < -0.39 is 4.92 Å². The fourth-order valence-corrected chi connectivity index (χ4v) is 2.20. The Kier molecular flexibility index (Phi) is 3.53. The molecule has 1 fully saturated rings. The summed E-state index contributed by atoms with van der Waals surface area (Å²) in [6, 6.07) is 3.49. The number of pyridine rings is 1. The van der Waals surface area contributed by atoms with E-state index in [0.29, 0.717) is 12.6 Å². The summed E-state index contributed by atoms with van der Waals surface area (Å²) in [5.41, 5.74) is 5.75. The molecule has 6 heteroatoms. The first-order valence-corrected chi connectivity index (χ1v) is 5.79. The standard InChI is InChI=1S/C11H16N4O2/c12-7-9-3-1-2-6-14(9)11-5-4-10(8-13-11)15(16)17/h4-5,8-9H,1-3,6-7,12H2/t9-/m1/s1. The molecule has 0 aliphatic carbocycles. The first-order chi connectivity index (χ1) is 8.22. The second-order valence-corrected chi connectivity index (χ2v) is 4.21. The highest BCUT2D eigenvalue weighted by molar-refractivity contribution is 5.44. The molecule has 0 aromatic carbocycles. The average Bonchev–Trinajstić information content (AvgIpc) is 2.39. The third-order valence-electron chi connectivity index (χ3n) is 3.14. The molecule has 17 heavy (non-hydrogen) atoms. The predicted octanol–water partition coefficient (Wildman–Crippen LogP) is 1.31. The van der Waals surface area contributed by atoms with Gasteiger partial charge in [0.15, 0.2) is 0 Å². The zero-order chi connectivity index (χ0) is 12.3. The number of rotatable bonds is 3. The Morgan fingerprint density at radius 2 is 2.35 bits per heavy atom. The molecule has 0 radical (unpaired) electrons. The summed E-state index contributed by atoms with van der Waals surface area (Å²) in [7, 11) is 0. The van der Waals surface area contributed by atoms with Gasteiger partial charge in [-0.2, -0.15) is 0 Å². The fourth-order valence-electron chi connectivity index (χ4n) is 2.20. The van der Waals surface area contributed by atoms with Crippen LogP contribution in [0.15, 0.2) is 18.3 Å². The van der Waals surface area contributed by atoms with E-state index >= 15 is 0 Å². The summed E-state index contributed by atoms with van der Waals surface area (Å²) < 4.78 is 0. The van der Waals surface area contributed by atoms with Crippen LogP contribution in [0, 0.1) is 10.1 Å². The van der Waals surface area contributed by atoms with Crippen molar-refractivity contribution in [3.8, 4) is 0 Å². The maximum atomic E-state index is 10.5. The van der Waals surface area contributed by atoms with Crippen LogP contribution in [0.25, 0.3) is 0 Å². The van der Waals surface area contributed by atoms with Crippen LogP contribution in [0.4, 0.5) is 11.5 Å². The molecule has 1 aliphatic heterocycles. The number of nitrogens with zero attached hydrogens (tertiary/aromatic N) is 3. The van der Waals surface area contributed by atoms with Gasteiger partial charge >= 0.3 is 0 Å². The molecule has 1 aromatic heterocycles. The maximum Gasteiger partial charge on any atom is 0.287 e. The summed E-state index contributed by atoms with van der Waals surface area (Å²) in [4.78, 5) is 16.4. The van der Waals surface area contributed by atoms with Crippen LogP contribution < -0.4 is 10.6 Å². The Labute approximate surface area is 99.6 Å². The Bertz CT molecular complexity index is 393. The molecule has 1 saturated heterocycles. The summed E-state index contributed by atoms with van der Waals surface area (Å²) >= 11 is 0. The molecule has 2 N–H and O–H groups in total. The highest BCUT2D eigenvalue weighted by Crippen LogP contribution is 2.23. The molecule has 2 heterocycles. The molecular formula is C11H16N4O2. The van der Waals surface area contributed by atoms with Gasteiger partial charge in [-0.1, -0.05) is 0 Å². The van der Waals surface area contributed by atoms with Crippen molar-refractivity contribution in [2.45, 2.75) is 25.3 Å². The second kappa shape index (κ2) is 5.09. The highest BCUT2D eigenvalue weighted by atomic mass is 16.6. The molecule has 6 nitrogen and oxygen atoms in total. The van der Waals surface area contributed by atoms with Gasteiger partial charge in [-0.3, -0.25) is 10.1 Å². The molecule has 0 bridgehead atoms. The molecule has 1 aromatic rings. The topological polar surface area (TPSA) is 85.3 Å². The number of hydrogen-bond donors (Lipinski definition) is 1. The lowest BCUT2D eigenvalue weighted by Crippen LogP contribution is -2.44. The third-order valence-corrected chi connectivity index (χ3v) is 3.14. The molecule has 0 unspecified atom stereocenters.